The van der Waals surface area contributed by atoms with Crippen LogP contribution in [-0.4, -0.2) is 15.8 Å². The van der Waals surface area contributed by atoms with Crippen LogP contribution in [0, 0.1) is 5.41 Å². The van der Waals surface area contributed by atoms with Gasteiger partial charge in [-0.15, -0.1) is 11.3 Å². The molecule has 4 nitrogen and oxygen atoms in total. The highest BCUT2D eigenvalue weighted by Crippen LogP contribution is 2.30. The molecule has 0 aliphatic carbocycles. The Balaban J connectivity index is 2.51. The van der Waals surface area contributed by atoms with Crippen LogP contribution in [-0.2, 0) is 0 Å². The minimum atomic E-state index is 0.0772. The molecule has 88 valence electrons. The van der Waals surface area contributed by atoms with Crippen LogP contribution < -0.4 is 5.73 Å². The minimum Gasteiger partial charge on any atom is -0.383 e. The maximum Gasteiger partial charge on any atom is 0.142 e. The first-order chi connectivity index (χ1) is 8.09. The van der Waals surface area contributed by atoms with Gasteiger partial charge < -0.3 is 5.73 Å². The third-order valence-corrected chi connectivity index (χ3v) is 3.46. The van der Waals surface area contributed by atoms with Crippen LogP contribution >= 0.6 is 11.3 Å². The van der Waals surface area contributed by atoms with Crippen LogP contribution in [0.2, 0.25) is 0 Å². The van der Waals surface area contributed by atoms with Gasteiger partial charge in [0.25, 0.3) is 0 Å². The molecule has 0 saturated heterocycles. The fourth-order valence-electron chi connectivity index (χ4n) is 1.52. The van der Waals surface area contributed by atoms with Gasteiger partial charge in [0.15, 0.2) is 0 Å². The lowest BCUT2D eigenvalue weighted by Gasteiger charge is -2.02. The number of nitrogens with two attached hydrogens (primary N) is 1. The topological polar surface area (TPSA) is 75.7 Å². The highest BCUT2D eigenvalue weighted by atomic mass is 32.1. The Labute approximate surface area is 104 Å². The summed E-state index contributed by atoms with van der Waals surface area (Å²) in [6, 6.07) is 5.70. The van der Waals surface area contributed by atoms with Crippen molar-refractivity contribution in [2.45, 2.75) is 19.8 Å². The van der Waals surface area contributed by atoms with Gasteiger partial charge in [-0.3, -0.25) is 10.4 Å². The van der Waals surface area contributed by atoms with Gasteiger partial charge in [-0.25, -0.2) is 4.98 Å². The molecule has 0 aliphatic heterocycles. The summed E-state index contributed by atoms with van der Waals surface area (Å²) in [5.41, 5.74) is 7.28. The SMILES string of the molecule is CC(C)c1nc(-c2ccccn2)sc1C(=N)N. The van der Waals surface area contributed by atoms with Crippen molar-refractivity contribution >= 4 is 17.2 Å². The normalized spacial score (nSPS) is 10.8. The van der Waals surface area contributed by atoms with Gasteiger partial charge in [0.1, 0.15) is 10.8 Å². The smallest absolute Gasteiger partial charge is 0.142 e. The minimum absolute atomic E-state index is 0.0772. The molecule has 2 aromatic heterocycles. The number of nitrogen functional groups attached to an aromatic ring is 1. The van der Waals surface area contributed by atoms with E-state index in [-0.39, 0.29) is 11.8 Å². The maximum atomic E-state index is 7.57. The fraction of sp³-hybridized carbons (Fsp3) is 0.250. The van der Waals surface area contributed by atoms with Crippen LogP contribution in [0.4, 0.5) is 0 Å². The largest absolute Gasteiger partial charge is 0.383 e. The van der Waals surface area contributed by atoms with Crippen LogP contribution in [0.3, 0.4) is 0 Å². The number of rotatable bonds is 3. The number of hydrogen-bond donors (Lipinski definition) is 2. The molecule has 3 N–H and O–H groups in total. The lowest BCUT2D eigenvalue weighted by molar-refractivity contribution is 0.831. The molecule has 2 heterocycles. The van der Waals surface area contributed by atoms with Gasteiger partial charge in [-0.05, 0) is 18.1 Å². The molecule has 0 atom stereocenters. The van der Waals surface area contributed by atoms with Crippen LogP contribution in [0.1, 0.15) is 30.3 Å². The van der Waals surface area contributed by atoms with Crippen molar-refractivity contribution in [2.24, 2.45) is 5.73 Å². The van der Waals surface area contributed by atoms with E-state index in [1.165, 1.54) is 11.3 Å². The summed E-state index contributed by atoms with van der Waals surface area (Å²) < 4.78 is 0. The number of thiazole rings is 1. The number of nitrogens with zero attached hydrogens (tertiary/aromatic N) is 2. The lowest BCUT2D eigenvalue weighted by Crippen LogP contribution is -2.12. The van der Waals surface area contributed by atoms with E-state index >= 15 is 0 Å². The first-order valence-corrected chi connectivity index (χ1v) is 6.17. The Bertz CT molecular complexity index is 531. The molecule has 17 heavy (non-hydrogen) atoms. The van der Waals surface area contributed by atoms with Crippen molar-refractivity contribution in [3.63, 3.8) is 0 Å². The number of aromatic nitrogens is 2. The van der Waals surface area contributed by atoms with Crippen LogP contribution in [0.25, 0.3) is 10.7 Å². The molecule has 0 saturated carbocycles. The quantitative estimate of drug-likeness (QED) is 0.645. The molecule has 0 aromatic carbocycles. The van der Waals surface area contributed by atoms with Gasteiger partial charge in [-0.1, -0.05) is 19.9 Å². The third kappa shape index (κ3) is 2.34. The molecule has 0 aliphatic rings. The molecule has 0 unspecified atom stereocenters. The summed E-state index contributed by atoms with van der Waals surface area (Å²) in [6.07, 6.45) is 1.74. The lowest BCUT2D eigenvalue weighted by atomic mass is 10.1. The number of nitrogens with one attached hydrogen (secondary N) is 1. The summed E-state index contributed by atoms with van der Waals surface area (Å²) in [5.74, 6) is 0.330. The highest BCUT2D eigenvalue weighted by molar-refractivity contribution is 7.17. The predicted octanol–water partition coefficient (Wildman–Crippen LogP) is 2.61. The Hall–Kier alpha value is -1.75. The molecule has 0 radical (unpaired) electrons. The Morgan fingerprint density at radius 1 is 1.41 bits per heavy atom. The van der Waals surface area contributed by atoms with Crippen molar-refractivity contribution in [1.29, 1.82) is 5.41 Å². The summed E-state index contributed by atoms with van der Waals surface area (Å²) in [4.78, 5) is 9.55. The fourth-order valence-corrected chi connectivity index (χ4v) is 2.57. The van der Waals surface area contributed by atoms with Crippen molar-refractivity contribution in [3.8, 4) is 10.7 Å². The van der Waals surface area contributed by atoms with Crippen LogP contribution in [0.15, 0.2) is 24.4 Å². The first kappa shape index (κ1) is 11.7. The molecule has 0 bridgehead atoms. The van der Waals surface area contributed by atoms with Crippen LogP contribution in [0.5, 0.6) is 0 Å². The second-order valence-corrected chi connectivity index (χ2v) is 5.02. The van der Waals surface area contributed by atoms with Gasteiger partial charge in [0, 0.05) is 6.20 Å². The summed E-state index contributed by atoms with van der Waals surface area (Å²) >= 11 is 1.43. The van der Waals surface area contributed by atoms with E-state index in [4.69, 9.17) is 11.1 Å². The summed E-state index contributed by atoms with van der Waals surface area (Å²) in [5, 5.41) is 8.39. The van der Waals surface area contributed by atoms with E-state index in [9.17, 15) is 0 Å². The standard InChI is InChI=1S/C12H14N4S/c1-7(2)9-10(11(13)14)17-12(16-9)8-5-3-4-6-15-8/h3-7H,1-2H3,(H3,13,14). The third-order valence-electron chi connectivity index (χ3n) is 2.33. The average molecular weight is 246 g/mol. The zero-order chi connectivity index (χ0) is 12.4. The Morgan fingerprint density at radius 2 is 2.18 bits per heavy atom. The van der Waals surface area contributed by atoms with Gasteiger partial charge in [0.2, 0.25) is 0 Å². The van der Waals surface area contributed by atoms with Crippen molar-refractivity contribution in [2.75, 3.05) is 0 Å². The van der Waals surface area contributed by atoms with Gasteiger partial charge in [0.05, 0.1) is 16.3 Å². The van der Waals surface area contributed by atoms with E-state index in [0.717, 1.165) is 21.3 Å². The van der Waals surface area contributed by atoms with E-state index in [2.05, 4.69) is 9.97 Å². The second kappa shape index (κ2) is 4.63. The van der Waals surface area contributed by atoms with Crippen molar-refractivity contribution in [3.05, 3.63) is 35.0 Å². The van der Waals surface area contributed by atoms with E-state index in [0.29, 0.717) is 0 Å². The summed E-state index contributed by atoms with van der Waals surface area (Å²) in [7, 11) is 0. The van der Waals surface area contributed by atoms with Crippen molar-refractivity contribution < 1.29 is 0 Å². The molecule has 5 heteroatoms. The monoisotopic (exact) mass is 246 g/mol. The van der Waals surface area contributed by atoms with E-state index in [1.807, 2.05) is 32.0 Å². The molecule has 2 aromatic rings. The molecule has 2 rings (SSSR count). The Kier molecular flexibility index (Phi) is 3.19. The van der Waals surface area contributed by atoms with E-state index in [1.54, 1.807) is 6.20 Å². The maximum absolute atomic E-state index is 7.57. The molecule has 0 fully saturated rings. The predicted molar refractivity (Wildman–Crippen MR) is 70.5 cm³/mol. The number of amidine groups is 1. The van der Waals surface area contributed by atoms with Gasteiger partial charge >= 0.3 is 0 Å². The first-order valence-electron chi connectivity index (χ1n) is 5.36. The number of hydrogen-bond acceptors (Lipinski definition) is 4. The molecular formula is C12H14N4S. The average Bonchev–Trinajstić information content (AvgIpc) is 2.75. The molecule has 0 spiro atoms. The number of pyridine rings is 1. The zero-order valence-electron chi connectivity index (χ0n) is 9.77. The molecule has 0 amide bonds. The van der Waals surface area contributed by atoms with Gasteiger partial charge in [-0.2, -0.15) is 0 Å². The highest BCUT2D eigenvalue weighted by Gasteiger charge is 2.17. The Morgan fingerprint density at radius 3 is 2.65 bits per heavy atom. The van der Waals surface area contributed by atoms with Crippen molar-refractivity contribution in [1.82, 2.24) is 9.97 Å². The molecular weight excluding hydrogens is 232 g/mol. The van der Waals surface area contributed by atoms with E-state index < -0.39 is 0 Å². The second-order valence-electron chi connectivity index (χ2n) is 4.02. The summed E-state index contributed by atoms with van der Waals surface area (Å²) in [6.45, 7) is 4.09. The zero-order valence-corrected chi connectivity index (χ0v) is 10.6.